The predicted molar refractivity (Wildman–Crippen MR) is 80.5 cm³/mol. The van der Waals surface area contributed by atoms with Crippen molar-refractivity contribution in [2.45, 2.75) is 39.2 Å². The minimum atomic E-state index is -0.395. The van der Waals surface area contributed by atoms with E-state index in [0.717, 1.165) is 25.2 Å². The van der Waals surface area contributed by atoms with Gasteiger partial charge in [-0.05, 0) is 43.2 Å². The van der Waals surface area contributed by atoms with E-state index in [1.54, 1.807) is 18.2 Å². The highest BCUT2D eigenvalue weighted by Gasteiger charge is 2.28. The molecule has 0 radical (unpaired) electrons. The zero-order valence-electron chi connectivity index (χ0n) is 11.9. The van der Waals surface area contributed by atoms with Gasteiger partial charge >= 0.3 is 5.69 Å². The van der Waals surface area contributed by atoms with Crippen LogP contribution in [0.3, 0.4) is 0 Å². The van der Waals surface area contributed by atoms with Crippen LogP contribution >= 0.6 is 0 Å². The number of nitro groups is 1. The van der Waals surface area contributed by atoms with Crippen molar-refractivity contribution in [2.75, 3.05) is 10.7 Å². The standard InChI is InChI=1S/C14H22N4O2/c1-9-6-7-11(10(2)8-9)16-12-4-3-5-13(17-15)14(12)18(19)20/h3-5,9-11,16-17H,6-8,15H2,1-2H3. The molecule has 1 aromatic carbocycles. The molecule has 20 heavy (non-hydrogen) atoms. The quantitative estimate of drug-likeness (QED) is 0.447. The molecule has 1 aliphatic carbocycles. The highest BCUT2D eigenvalue weighted by molar-refractivity contribution is 5.76. The van der Waals surface area contributed by atoms with Crippen molar-refractivity contribution in [3.05, 3.63) is 28.3 Å². The lowest BCUT2D eigenvalue weighted by molar-refractivity contribution is -0.383. The van der Waals surface area contributed by atoms with Crippen LogP contribution in [0.1, 0.15) is 33.1 Å². The van der Waals surface area contributed by atoms with Crippen LogP contribution in [0.5, 0.6) is 0 Å². The summed E-state index contributed by atoms with van der Waals surface area (Å²) in [5.41, 5.74) is 3.27. The summed E-state index contributed by atoms with van der Waals surface area (Å²) >= 11 is 0. The zero-order chi connectivity index (χ0) is 14.7. The number of nitrogens with one attached hydrogen (secondary N) is 2. The lowest BCUT2D eigenvalue weighted by Crippen LogP contribution is -2.33. The molecule has 1 saturated carbocycles. The van der Waals surface area contributed by atoms with Gasteiger partial charge in [-0.25, -0.2) is 0 Å². The highest BCUT2D eigenvalue weighted by atomic mass is 16.6. The summed E-state index contributed by atoms with van der Waals surface area (Å²) in [5.74, 6) is 6.59. The maximum absolute atomic E-state index is 11.2. The molecule has 0 heterocycles. The van der Waals surface area contributed by atoms with Gasteiger partial charge in [0.2, 0.25) is 0 Å². The van der Waals surface area contributed by atoms with Gasteiger partial charge in [0.25, 0.3) is 0 Å². The third kappa shape index (κ3) is 3.01. The van der Waals surface area contributed by atoms with Gasteiger partial charge in [0.15, 0.2) is 0 Å². The minimum Gasteiger partial charge on any atom is -0.376 e. The Hall–Kier alpha value is -1.82. The molecule has 3 unspecified atom stereocenters. The third-order valence-corrected chi connectivity index (χ3v) is 4.15. The van der Waals surface area contributed by atoms with Crippen LogP contribution in [-0.4, -0.2) is 11.0 Å². The van der Waals surface area contributed by atoms with E-state index in [-0.39, 0.29) is 11.7 Å². The van der Waals surface area contributed by atoms with Crippen molar-refractivity contribution in [3.8, 4) is 0 Å². The molecule has 6 heteroatoms. The molecule has 1 aliphatic rings. The minimum absolute atomic E-state index is 0.0146. The molecule has 0 aromatic heterocycles. The Kier molecular flexibility index (Phi) is 4.44. The van der Waals surface area contributed by atoms with Crippen molar-refractivity contribution in [3.63, 3.8) is 0 Å². The van der Waals surface area contributed by atoms with Gasteiger partial charge in [-0.3, -0.25) is 16.0 Å². The van der Waals surface area contributed by atoms with E-state index >= 15 is 0 Å². The number of rotatable bonds is 4. The van der Waals surface area contributed by atoms with Crippen LogP contribution in [0, 0.1) is 22.0 Å². The highest BCUT2D eigenvalue weighted by Crippen LogP contribution is 2.36. The molecular weight excluding hydrogens is 256 g/mol. The first-order valence-corrected chi connectivity index (χ1v) is 7.03. The normalized spacial score (nSPS) is 26.1. The van der Waals surface area contributed by atoms with E-state index in [0.29, 0.717) is 17.3 Å². The molecule has 0 spiro atoms. The van der Waals surface area contributed by atoms with Crippen LogP contribution in [0.4, 0.5) is 17.1 Å². The SMILES string of the molecule is CC1CCC(Nc2cccc(NN)c2[N+](=O)[O-])C(C)C1. The summed E-state index contributed by atoms with van der Waals surface area (Å²) in [6, 6.07) is 5.39. The number of nitrogens with zero attached hydrogens (tertiary/aromatic N) is 1. The van der Waals surface area contributed by atoms with Gasteiger partial charge < -0.3 is 10.7 Å². The topological polar surface area (TPSA) is 93.2 Å². The fraction of sp³-hybridized carbons (Fsp3) is 0.571. The molecule has 3 atom stereocenters. The molecule has 0 saturated heterocycles. The summed E-state index contributed by atoms with van der Waals surface area (Å²) in [4.78, 5) is 10.9. The fourth-order valence-corrected chi connectivity index (χ4v) is 3.05. The van der Waals surface area contributed by atoms with Crippen LogP contribution in [0.2, 0.25) is 0 Å². The van der Waals surface area contributed by atoms with E-state index in [1.807, 2.05) is 0 Å². The Labute approximate surface area is 118 Å². The number of para-hydroxylation sites is 1. The number of anilines is 2. The van der Waals surface area contributed by atoms with Crippen molar-refractivity contribution >= 4 is 17.1 Å². The van der Waals surface area contributed by atoms with Crippen LogP contribution < -0.4 is 16.6 Å². The molecule has 4 N–H and O–H groups in total. The number of nitro benzene ring substituents is 1. The van der Waals surface area contributed by atoms with Crippen molar-refractivity contribution in [1.29, 1.82) is 0 Å². The lowest BCUT2D eigenvalue weighted by atomic mass is 9.80. The fourth-order valence-electron chi connectivity index (χ4n) is 3.05. The van der Waals surface area contributed by atoms with E-state index < -0.39 is 4.92 Å². The van der Waals surface area contributed by atoms with Gasteiger partial charge in [0, 0.05) is 6.04 Å². The Morgan fingerprint density at radius 2 is 2.00 bits per heavy atom. The molecule has 1 aromatic rings. The van der Waals surface area contributed by atoms with Gasteiger partial charge in [-0.1, -0.05) is 19.9 Å². The van der Waals surface area contributed by atoms with E-state index in [1.165, 1.54) is 0 Å². The van der Waals surface area contributed by atoms with Gasteiger partial charge in [-0.15, -0.1) is 0 Å². The zero-order valence-corrected chi connectivity index (χ0v) is 11.9. The molecule has 0 aliphatic heterocycles. The Morgan fingerprint density at radius 3 is 2.60 bits per heavy atom. The maximum Gasteiger partial charge on any atom is 0.316 e. The number of hydrazine groups is 1. The second-order valence-electron chi connectivity index (χ2n) is 5.75. The number of hydrogen-bond donors (Lipinski definition) is 3. The first kappa shape index (κ1) is 14.6. The molecule has 1 fully saturated rings. The Morgan fingerprint density at radius 1 is 1.30 bits per heavy atom. The molecule has 0 amide bonds. The van der Waals surface area contributed by atoms with Gasteiger partial charge in [0.05, 0.1) is 4.92 Å². The van der Waals surface area contributed by atoms with E-state index in [9.17, 15) is 10.1 Å². The molecular formula is C14H22N4O2. The van der Waals surface area contributed by atoms with E-state index in [4.69, 9.17) is 5.84 Å². The summed E-state index contributed by atoms with van der Waals surface area (Å²) < 4.78 is 0. The van der Waals surface area contributed by atoms with Gasteiger partial charge in [-0.2, -0.15) is 0 Å². The van der Waals surface area contributed by atoms with Crippen molar-refractivity contribution in [1.82, 2.24) is 0 Å². The van der Waals surface area contributed by atoms with Crippen LogP contribution in [-0.2, 0) is 0 Å². The van der Waals surface area contributed by atoms with Crippen LogP contribution in [0.15, 0.2) is 18.2 Å². The lowest BCUT2D eigenvalue weighted by Gasteiger charge is -2.33. The maximum atomic E-state index is 11.2. The smallest absolute Gasteiger partial charge is 0.316 e. The summed E-state index contributed by atoms with van der Waals surface area (Å²) in [7, 11) is 0. The first-order valence-electron chi connectivity index (χ1n) is 7.03. The number of nitrogen functional groups attached to an aromatic ring is 1. The van der Waals surface area contributed by atoms with Crippen molar-refractivity contribution in [2.24, 2.45) is 17.7 Å². The number of hydrogen-bond acceptors (Lipinski definition) is 5. The predicted octanol–water partition coefficient (Wildman–Crippen LogP) is 3.12. The van der Waals surface area contributed by atoms with Gasteiger partial charge in [0.1, 0.15) is 11.4 Å². The third-order valence-electron chi connectivity index (χ3n) is 4.15. The average molecular weight is 278 g/mol. The molecule has 6 nitrogen and oxygen atoms in total. The number of nitrogens with two attached hydrogens (primary N) is 1. The van der Waals surface area contributed by atoms with Crippen molar-refractivity contribution < 1.29 is 4.92 Å². The molecule has 2 rings (SSSR count). The number of benzene rings is 1. The van der Waals surface area contributed by atoms with Crippen LogP contribution in [0.25, 0.3) is 0 Å². The average Bonchev–Trinajstić information content (AvgIpc) is 2.41. The monoisotopic (exact) mass is 278 g/mol. The summed E-state index contributed by atoms with van der Waals surface area (Å²) in [5, 5.41) is 14.6. The Balaban J connectivity index is 2.23. The largest absolute Gasteiger partial charge is 0.376 e. The second-order valence-corrected chi connectivity index (χ2v) is 5.75. The molecule has 0 bridgehead atoms. The summed E-state index contributed by atoms with van der Waals surface area (Å²) in [6.07, 6.45) is 3.35. The Bertz CT molecular complexity index is 492. The van der Waals surface area contributed by atoms with E-state index in [2.05, 4.69) is 24.6 Å². The molecule has 110 valence electrons. The second kappa shape index (κ2) is 6.09. The first-order chi connectivity index (χ1) is 9.52. The summed E-state index contributed by atoms with van der Waals surface area (Å²) in [6.45, 7) is 4.46.